The van der Waals surface area contributed by atoms with Gasteiger partial charge in [0.2, 0.25) is 11.9 Å². The second kappa shape index (κ2) is 11.4. The molecule has 0 radical (unpaired) electrons. The van der Waals surface area contributed by atoms with Crippen LogP contribution in [-0.4, -0.2) is 76.3 Å². The van der Waals surface area contributed by atoms with E-state index < -0.39 is 6.09 Å². The molecule has 36 heavy (non-hydrogen) atoms. The minimum absolute atomic E-state index is 0.111. The number of hydrogen-bond donors (Lipinski definition) is 1. The first-order valence-electron chi connectivity index (χ1n) is 11.1. The Labute approximate surface area is 217 Å². The van der Waals surface area contributed by atoms with Crippen molar-refractivity contribution in [3.63, 3.8) is 0 Å². The Balaban J connectivity index is 1.51. The van der Waals surface area contributed by atoms with Crippen molar-refractivity contribution in [2.24, 2.45) is 0 Å². The van der Waals surface area contributed by atoms with Gasteiger partial charge in [-0.2, -0.15) is 4.98 Å². The van der Waals surface area contributed by atoms with Crippen LogP contribution >= 0.6 is 23.2 Å². The molecular formula is C23H25Cl2N7O4. The van der Waals surface area contributed by atoms with Gasteiger partial charge in [-0.3, -0.25) is 9.36 Å². The molecule has 0 spiro atoms. The van der Waals surface area contributed by atoms with Crippen molar-refractivity contribution in [2.75, 3.05) is 38.8 Å². The highest BCUT2D eigenvalue weighted by atomic mass is 35.5. The number of piperazine rings is 1. The van der Waals surface area contributed by atoms with Crippen LogP contribution in [0, 0.1) is 0 Å². The highest BCUT2D eigenvalue weighted by molar-refractivity contribution is 6.32. The predicted octanol–water partition coefficient (Wildman–Crippen LogP) is 2.94. The first kappa shape index (κ1) is 25.5. The van der Waals surface area contributed by atoms with Gasteiger partial charge < -0.3 is 24.6 Å². The van der Waals surface area contributed by atoms with Gasteiger partial charge in [-0.05, 0) is 17.7 Å². The van der Waals surface area contributed by atoms with Crippen molar-refractivity contribution in [2.45, 2.75) is 19.0 Å². The lowest BCUT2D eigenvalue weighted by molar-refractivity contribution is -0.121. The Bertz CT molecular complexity index is 1230. The number of benzene rings is 1. The average Bonchev–Trinajstić information content (AvgIpc) is 3.42. The molecule has 0 aliphatic carbocycles. The first-order valence-corrected chi connectivity index (χ1v) is 11.8. The molecule has 1 N–H and O–H groups in total. The third-order valence-corrected chi connectivity index (χ3v) is 6.23. The zero-order valence-corrected chi connectivity index (χ0v) is 21.2. The number of hydrogen-bond acceptors (Lipinski definition) is 8. The Morgan fingerprint density at radius 1 is 1.17 bits per heavy atom. The summed E-state index contributed by atoms with van der Waals surface area (Å²) in [4.78, 5) is 41.6. The van der Waals surface area contributed by atoms with Crippen molar-refractivity contribution in [1.29, 1.82) is 0 Å². The summed E-state index contributed by atoms with van der Waals surface area (Å²) in [5.41, 5.74) is 0.832. The molecule has 1 aliphatic heterocycles. The van der Waals surface area contributed by atoms with E-state index in [0.29, 0.717) is 42.2 Å². The molecule has 2 amide bonds. The number of imidazole rings is 1. The molecule has 1 atom stereocenters. The summed E-state index contributed by atoms with van der Waals surface area (Å²) in [6.07, 6.45) is 4.55. The standard InChI is InChI=1S/C23H25Cl2N7O4/c1-35-18-4-3-15(9-17(18)24)12-27-21(33)10-16-13-30(23(34)36-2)7-8-32(16)20-11-19(25)28-22(29-20)31-6-5-26-14-31/h3-6,9,11,14,16H,7-8,10,12-13H2,1-2H3,(H,27,33). The van der Waals surface area contributed by atoms with E-state index in [-0.39, 0.29) is 30.1 Å². The van der Waals surface area contributed by atoms with E-state index in [1.807, 2.05) is 11.0 Å². The van der Waals surface area contributed by atoms with Gasteiger partial charge in [0.05, 0.1) is 25.3 Å². The number of anilines is 1. The molecule has 190 valence electrons. The smallest absolute Gasteiger partial charge is 0.409 e. The zero-order chi connectivity index (χ0) is 25.7. The quantitative estimate of drug-likeness (QED) is 0.461. The van der Waals surface area contributed by atoms with Gasteiger partial charge >= 0.3 is 6.09 Å². The summed E-state index contributed by atoms with van der Waals surface area (Å²) in [6.45, 7) is 1.39. The maximum Gasteiger partial charge on any atom is 0.409 e. The van der Waals surface area contributed by atoms with Crippen LogP contribution in [0.15, 0.2) is 43.0 Å². The van der Waals surface area contributed by atoms with Crippen molar-refractivity contribution in [1.82, 2.24) is 29.7 Å². The van der Waals surface area contributed by atoms with Gasteiger partial charge in [-0.25, -0.2) is 14.8 Å². The molecule has 3 aromatic rings. The molecular weight excluding hydrogens is 509 g/mol. The normalized spacial score (nSPS) is 15.5. The highest BCUT2D eigenvalue weighted by Crippen LogP contribution is 2.26. The lowest BCUT2D eigenvalue weighted by Crippen LogP contribution is -2.56. The van der Waals surface area contributed by atoms with Gasteiger partial charge in [-0.1, -0.05) is 29.3 Å². The molecule has 1 aliphatic rings. The third-order valence-electron chi connectivity index (χ3n) is 5.74. The SMILES string of the molecule is COC(=O)N1CCN(c2cc(Cl)nc(-n3ccnc3)n2)C(CC(=O)NCc2ccc(OC)c(Cl)c2)C1. The lowest BCUT2D eigenvalue weighted by atomic mass is 10.1. The van der Waals surface area contributed by atoms with E-state index in [4.69, 9.17) is 32.7 Å². The number of nitrogens with one attached hydrogen (secondary N) is 1. The van der Waals surface area contributed by atoms with Gasteiger partial charge in [0.25, 0.3) is 0 Å². The number of ether oxygens (including phenoxy) is 2. The molecule has 1 unspecified atom stereocenters. The minimum Gasteiger partial charge on any atom is -0.495 e. The molecule has 2 aromatic heterocycles. The fraction of sp³-hybridized carbons (Fsp3) is 0.348. The van der Waals surface area contributed by atoms with E-state index in [2.05, 4.69) is 20.3 Å². The molecule has 0 bridgehead atoms. The molecule has 0 saturated carbocycles. The van der Waals surface area contributed by atoms with Gasteiger partial charge in [0.15, 0.2) is 0 Å². The second-order valence-electron chi connectivity index (χ2n) is 8.03. The van der Waals surface area contributed by atoms with Crippen LogP contribution in [0.4, 0.5) is 10.6 Å². The molecule has 1 fully saturated rings. The summed E-state index contributed by atoms with van der Waals surface area (Å²) in [6, 6.07) is 6.58. The molecule has 1 saturated heterocycles. The summed E-state index contributed by atoms with van der Waals surface area (Å²) in [7, 11) is 2.87. The van der Waals surface area contributed by atoms with Crippen LogP contribution in [0.1, 0.15) is 12.0 Å². The highest BCUT2D eigenvalue weighted by Gasteiger charge is 2.33. The minimum atomic E-state index is -0.451. The van der Waals surface area contributed by atoms with Crippen molar-refractivity contribution in [3.8, 4) is 11.7 Å². The Kier molecular flexibility index (Phi) is 8.11. The average molecular weight is 534 g/mol. The lowest BCUT2D eigenvalue weighted by Gasteiger charge is -2.41. The summed E-state index contributed by atoms with van der Waals surface area (Å²) >= 11 is 12.5. The monoisotopic (exact) mass is 533 g/mol. The number of carbonyl (C=O) groups is 2. The van der Waals surface area contributed by atoms with Crippen LogP contribution in [-0.2, 0) is 16.1 Å². The van der Waals surface area contributed by atoms with Crippen LogP contribution in [0.3, 0.4) is 0 Å². The van der Waals surface area contributed by atoms with E-state index in [9.17, 15) is 9.59 Å². The second-order valence-corrected chi connectivity index (χ2v) is 8.83. The third kappa shape index (κ3) is 5.97. The maximum absolute atomic E-state index is 12.9. The van der Waals surface area contributed by atoms with E-state index in [0.717, 1.165) is 5.56 Å². The maximum atomic E-state index is 12.9. The Morgan fingerprint density at radius 2 is 2.00 bits per heavy atom. The molecule has 4 rings (SSSR count). The van der Waals surface area contributed by atoms with Gasteiger partial charge in [0.1, 0.15) is 23.0 Å². The number of halogens is 2. The van der Waals surface area contributed by atoms with Crippen molar-refractivity contribution in [3.05, 3.63) is 58.7 Å². The van der Waals surface area contributed by atoms with Crippen LogP contribution in [0.2, 0.25) is 10.2 Å². The summed E-state index contributed by atoms with van der Waals surface area (Å²) in [5.74, 6) is 1.26. The molecule has 1 aromatic carbocycles. The fourth-order valence-electron chi connectivity index (χ4n) is 3.97. The largest absolute Gasteiger partial charge is 0.495 e. The topological polar surface area (TPSA) is 115 Å². The van der Waals surface area contributed by atoms with Crippen molar-refractivity contribution < 1.29 is 19.1 Å². The number of methoxy groups -OCH3 is 2. The van der Waals surface area contributed by atoms with Crippen LogP contribution in [0.25, 0.3) is 5.95 Å². The Morgan fingerprint density at radius 3 is 2.69 bits per heavy atom. The predicted molar refractivity (Wildman–Crippen MR) is 134 cm³/mol. The van der Waals surface area contributed by atoms with Gasteiger partial charge in [-0.15, -0.1) is 0 Å². The fourth-order valence-corrected chi connectivity index (χ4v) is 4.42. The van der Waals surface area contributed by atoms with E-state index in [1.165, 1.54) is 7.11 Å². The van der Waals surface area contributed by atoms with Crippen molar-refractivity contribution >= 4 is 41.0 Å². The number of nitrogens with zero attached hydrogens (tertiary/aromatic N) is 6. The first-order chi connectivity index (χ1) is 17.4. The number of rotatable bonds is 7. The molecule has 11 nitrogen and oxygen atoms in total. The van der Waals surface area contributed by atoms with Crippen LogP contribution in [0.5, 0.6) is 5.75 Å². The molecule has 3 heterocycles. The molecule has 13 heteroatoms. The summed E-state index contributed by atoms with van der Waals surface area (Å²) < 4.78 is 11.7. The van der Waals surface area contributed by atoms with E-state index in [1.54, 1.807) is 53.5 Å². The summed E-state index contributed by atoms with van der Waals surface area (Å²) in [5, 5.41) is 3.63. The number of amides is 2. The number of carbonyl (C=O) groups excluding carboxylic acids is 2. The van der Waals surface area contributed by atoms with E-state index >= 15 is 0 Å². The Hall–Kier alpha value is -3.57. The zero-order valence-electron chi connectivity index (χ0n) is 19.7. The number of aromatic nitrogens is 4. The van der Waals surface area contributed by atoms with Crippen LogP contribution < -0.4 is 15.0 Å². The van der Waals surface area contributed by atoms with Gasteiger partial charge in [0, 0.05) is 51.1 Å².